The maximum Gasteiger partial charge on any atom is 0.253 e. The summed E-state index contributed by atoms with van der Waals surface area (Å²) in [4.78, 5) is 17.1. The van der Waals surface area contributed by atoms with Crippen molar-refractivity contribution in [1.82, 2.24) is 14.1 Å². The molecular formula is C22H27N3O3S. The van der Waals surface area contributed by atoms with Crippen LogP contribution in [0.15, 0.2) is 65.6 Å². The number of rotatable bonds is 6. The molecule has 0 radical (unpaired) electrons. The van der Waals surface area contributed by atoms with Crippen LogP contribution >= 0.6 is 0 Å². The van der Waals surface area contributed by atoms with Crippen LogP contribution in [0.2, 0.25) is 0 Å². The first-order chi connectivity index (χ1) is 13.9. The molecule has 154 valence electrons. The van der Waals surface area contributed by atoms with Crippen LogP contribution in [0.4, 0.5) is 0 Å². The van der Waals surface area contributed by atoms with Crippen molar-refractivity contribution in [3.63, 3.8) is 0 Å². The molecule has 1 fully saturated rings. The minimum Gasteiger partial charge on any atom is -0.336 e. The Labute approximate surface area is 173 Å². The predicted molar refractivity (Wildman–Crippen MR) is 115 cm³/mol. The Morgan fingerprint density at radius 3 is 2.17 bits per heavy atom. The Morgan fingerprint density at radius 1 is 0.966 bits per heavy atom. The van der Waals surface area contributed by atoms with Crippen LogP contribution in [-0.2, 0) is 10.0 Å². The van der Waals surface area contributed by atoms with E-state index >= 15 is 0 Å². The number of sulfonamides is 1. The van der Waals surface area contributed by atoms with Crippen LogP contribution in [-0.4, -0.2) is 75.2 Å². The summed E-state index contributed by atoms with van der Waals surface area (Å²) in [7, 11) is -0.507. The SMILES string of the molecule is CN(C)S(=O)(=O)c1ccc(C(=O)N2CCN(CC=Cc3ccccc3)CC2)cc1. The third kappa shape index (κ3) is 5.32. The quantitative estimate of drug-likeness (QED) is 0.730. The molecule has 7 heteroatoms. The zero-order valence-corrected chi connectivity index (χ0v) is 17.7. The van der Waals surface area contributed by atoms with Crippen molar-refractivity contribution in [3.05, 3.63) is 71.8 Å². The number of piperazine rings is 1. The molecule has 0 atom stereocenters. The standard InChI is InChI=1S/C22H27N3O3S/c1-23(2)29(27,28)21-12-10-20(11-13-21)22(26)25-17-15-24(16-18-25)14-6-9-19-7-4-3-5-8-19/h3-13H,14-18H2,1-2H3. The molecule has 6 nitrogen and oxygen atoms in total. The van der Waals surface area contributed by atoms with Gasteiger partial charge in [-0.3, -0.25) is 9.69 Å². The number of hydrogen-bond donors (Lipinski definition) is 0. The van der Waals surface area contributed by atoms with Crippen molar-refractivity contribution < 1.29 is 13.2 Å². The molecule has 0 aliphatic carbocycles. The highest BCUT2D eigenvalue weighted by atomic mass is 32.2. The summed E-state index contributed by atoms with van der Waals surface area (Å²) in [5.74, 6) is -0.0571. The van der Waals surface area contributed by atoms with Crippen molar-refractivity contribution in [2.24, 2.45) is 0 Å². The van der Waals surface area contributed by atoms with Gasteiger partial charge in [0.2, 0.25) is 10.0 Å². The molecule has 1 aliphatic rings. The first-order valence-electron chi connectivity index (χ1n) is 9.64. The van der Waals surface area contributed by atoms with Crippen LogP contribution in [0.3, 0.4) is 0 Å². The number of nitrogens with zero attached hydrogens (tertiary/aromatic N) is 3. The van der Waals surface area contributed by atoms with Gasteiger partial charge in [-0.2, -0.15) is 0 Å². The second-order valence-corrected chi connectivity index (χ2v) is 9.37. The van der Waals surface area contributed by atoms with Gasteiger partial charge in [0.1, 0.15) is 0 Å². The van der Waals surface area contributed by atoms with E-state index in [-0.39, 0.29) is 10.8 Å². The lowest BCUT2D eigenvalue weighted by molar-refractivity contribution is 0.0650. The van der Waals surface area contributed by atoms with Gasteiger partial charge in [0.15, 0.2) is 0 Å². The fraction of sp³-hybridized carbons (Fsp3) is 0.318. The van der Waals surface area contributed by atoms with Crippen LogP contribution in [0.1, 0.15) is 15.9 Å². The van der Waals surface area contributed by atoms with Gasteiger partial charge in [0.25, 0.3) is 5.91 Å². The molecule has 0 N–H and O–H groups in total. The highest BCUT2D eigenvalue weighted by Gasteiger charge is 2.23. The van der Waals surface area contributed by atoms with Crippen molar-refractivity contribution in [1.29, 1.82) is 0 Å². The van der Waals surface area contributed by atoms with Gasteiger partial charge in [-0.25, -0.2) is 12.7 Å². The average Bonchev–Trinajstić information content (AvgIpc) is 2.74. The fourth-order valence-electron chi connectivity index (χ4n) is 3.20. The minimum absolute atomic E-state index is 0.0571. The monoisotopic (exact) mass is 413 g/mol. The zero-order valence-electron chi connectivity index (χ0n) is 16.9. The lowest BCUT2D eigenvalue weighted by Gasteiger charge is -2.34. The van der Waals surface area contributed by atoms with E-state index in [1.54, 1.807) is 12.1 Å². The summed E-state index contributed by atoms with van der Waals surface area (Å²) in [5.41, 5.74) is 1.70. The third-order valence-electron chi connectivity index (χ3n) is 5.01. The number of carbonyl (C=O) groups is 1. The highest BCUT2D eigenvalue weighted by molar-refractivity contribution is 7.89. The van der Waals surface area contributed by atoms with Crippen molar-refractivity contribution in [3.8, 4) is 0 Å². The maximum absolute atomic E-state index is 12.7. The number of benzene rings is 2. The maximum atomic E-state index is 12.7. The lowest BCUT2D eigenvalue weighted by Crippen LogP contribution is -2.48. The Balaban J connectivity index is 1.53. The Morgan fingerprint density at radius 2 is 1.59 bits per heavy atom. The molecule has 1 aliphatic heterocycles. The zero-order chi connectivity index (χ0) is 20.9. The smallest absolute Gasteiger partial charge is 0.253 e. The summed E-state index contributed by atoms with van der Waals surface area (Å²) in [6.07, 6.45) is 4.26. The van der Waals surface area contributed by atoms with E-state index in [9.17, 15) is 13.2 Å². The average molecular weight is 414 g/mol. The molecule has 3 rings (SSSR count). The molecule has 1 heterocycles. The number of amides is 1. The molecule has 2 aromatic carbocycles. The summed E-state index contributed by atoms with van der Waals surface area (Å²) >= 11 is 0. The van der Waals surface area contributed by atoms with E-state index in [2.05, 4.69) is 29.2 Å². The summed E-state index contributed by atoms with van der Waals surface area (Å²) in [6, 6.07) is 16.4. The van der Waals surface area contributed by atoms with Crippen molar-refractivity contribution in [2.75, 3.05) is 46.8 Å². The van der Waals surface area contributed by atoms with Crippen LogP contribution < -0.4 is 0 Å². The van der Waals surface area contributed by atoms with Gasteiger partial charge < -0.3 is 4.90 Å². The van der Waals surface area contributed by atoms with E-state index in [1.165, 1.54) is 31.8 Å². The first kappa shape index (κ1) is 21.2. The highest BCUT2D eigenvalue weighted by Crippen LogP contribution is 2.16. The molecule has 29 heavy (non-hydrogen) atoms. The molecule has 0 unspecified atom stereocenters. The first-order valence-corrected chi connectivity index (χ1v) is 11.1. The van der Waals surface area contributed by atoms with Gasteiger partial charge in [0.05, 0.1) is 4.90 Å². The Kier molecular flexibility index (Phi) is 6.84. The van der Waals surface area contributed by atoms with Gasteiger partial charge in [-0.15, -0.1) is 0 Å². The fourth-order valence-corrected chi connectivity index (χ4v) is 4.10. The van der Waals surface area contributed by atoms with Gasteiger partial charge in [-0.1, -0.05) is 42.5 Å². The molecule has 2 aromatic rings. The Bertz CT molecular complexity index is 947. The van der Waals surface area contributed by atoms with E-state index in [0.29, 0.717) is 18.7 Å². The van der Waals surface area contributed by atoms with Gasteiger partial charge >= 0.3 is 0 Å². The van der Waals surface area contributed by atoms with Crippen molar-refractivity contribution >= 4 is 22.0 Å². The molecule has 0 bridgehead atoms. The third-order valence-corrected chi connectivity index (χ3v) is 6.84. The lowest BCUT2D eigenvalue weighted by atomic mass is 10.2. The second-order valence-electron chi connectivity index (χ2n) is 7.22. The summed E-state index contributed by atoms with van der Waals surface area (Å²) < 4.78 is 25.5. The summed E-state index contributed by atoms with van der Waals surface area (Å²) in [5, 5.41) is 0. The topological polar surface area (TPSA) is 60.9 Å². The second kappa shape index (κ2) is 9.35. The van der Waals surface area contributed by atoms with E-state index in [4.69, 9.17) is 0 Å². The Hall–Kier alpha value is -2.48. The molecule has 1 saturated heterocycles. The number of carbonyl (C=O) groups excluding carboxylic acids is 1. The number of hydrogen-bond acceptors (Lipinski definition) is 4. The van der Waals surface area contributed by atoms with Crippen molar-refractivity contribution in [2.45, 2.75) is 4.90 Å². The van der Waals surface area contributed by atoms with Crippen LogP contribution in [0.25, 0.3) is 6.08 Å². The molecule has 0 aromatic heterocycles. The minimum atomic E-state index is -3.49. The molecular weight excluding hydrogens is 386 g/mol. The predicted octanol–water partition coefficient (Wildman–Crippen LogP) is 2.41. The molecule has 1 amide bonds. The molecule has 0 saturated carbocycles. The van der Waals surface area contributed by atoms with E-state index in [1.807, 2.05) is 23.1 Å². The molecule has 0 spiro atoms. The largest absolute Gasteiger partial charge is 0.336 e. The summed E-state index contributed by atoms with van der Waals surface area (Å²) in [6.45, 7) is 3.81. The normalized spacial score (nSPS) is 15.9. The van der Waals surface area contributed by atoms with Crippen LogP contribution in [0, 0.1) is 0 Å². The van der Waals surface area contributed by atoms with E-state index < -0.39 is 10.0 Å². The van der Waals surface area contributed by atoms with Gasteiger partial charge in [0, 0.05) is 52.4 Å². The van der Waals surface area contributed by atoms with Gasteiger partial charge in [-0.05, 0) is 29.8 Å². The van der Waals surface area contributed by atoms with E-state index in [0.717, 1.165) is 23.9 Å². The van der Waals surface area contributed by atoms with Crippen LogP contribution in [0.5, 0.6) is 0 Å².